The number of carbonyl (C=O) groups is 1. The highest BCUT2D eigenvalue weighted by molar-refractivity contribution is 5.76. The zero-order valence-corrected chi connectivity index (χ0v) is 42.3. The summed E-state index contributed by atoms with van der Waals surface area (Å²) in [4.78, 5) is 13.2. The maximum atomic E-state index is 13.2. The summed E-state index contributed by atoms with van der Waals surface area (Å²) in [5, 5.41) is 86.8. The molecule has 0 bridgehead atoms. The summed E-state index contributed by atoms with van der Waals surface area (Å²) in [6.45, 7) is 2.77. The Morgan fingerprint density at radius 1 is 0.515 bits per heavy atom. The van der Waals surface area contributed by atoms with Gasteiger partial charge in [-0.3, -0.25) is 4.79 Å². The maximum Gasteiger partial charge on any atom is 0.220 e. The Bertz CT molecular complexity index is 1280. The maximum absolute atomic E-state index is 13.2. The van der Waals surface area contributed by atoms with Crippen molar-refractivity contribution in [1.29, 1.82) is 0 Å². The molecule has 1 amide bonds. The fourth-order valence-corrected chi connectivity index (χ4v) is 8.83. The van der Waals surface area contributed by atoms with E-state index in [0.717, 1.165) is 38.5 Å². The van der Waals surface area contributed by atoms with E-state index >= 15 is 0 Å². The minimum atomic E-state index is -1.79. The highest BCUT2D eigenvalue weighted by Gasteiger charge is 2.51. The Hall–Kier alpha value is -1.79. The van der Waals surface area contributed by atoms with Gasteiger partial charge in [0.1, 0.15) is 48.8 Å². The molecule has 0 spiro atoms. The molecule has 14 nitrogen and oxygen atoms in total. The van der Waals surface area contributed by atoms with Crippen LogP contribution in [0.5, 0.6) is 0 Å². The van der Waals surface area contributed by atoms with E-state index in [1.165, 1.54) is 135 Å². The van der Waals surface area contributed by atoms with Gasteiger partial charge in [-0.1, -0.05) is 179 Å². The van der Waals surface area contributed by atoms with E-state index in [2.05, 4.69) is 43.5 Å². The number of rotatable bonds is 42. The molecule has 0 aliphatic carbocycles. The van der Waals surface area contributed by atoms with E-state index < -0.39 is 86.8 Å². The van der Waals surface area contributed by atoms with Crippen LogP contribution < -0.4 is 5.32 Å². The van der Waals surface area contributed by atoms with Gasteiger partial charge in [0.15, 0.2) is 12.6 Å². The third-order valence-electron chi connectivity index (χ3n) is 13.3. The predicted octanol–water partition coefficient (Wildman–Crippen LogP) is 7.88. The molecule has 2 aliphatic rings. The average molecular weight is 970 g/mol. The van der Waals surface area contributed by atoms with E-state index in [-0.39, 0.29) is 18.9 Å². The predicted molar refractivity (Wildman–Crippen MR) is 268 cm³/mol. The Morgan fingerprint density at radius 2 is 0.941 bits per heavy atom. The summed E-state index contributed by atoms with van der Waals surface area (Å²) in [6.07, 6.45) is 30.4. The molecule has 0 aromatic carbocycles. The van der Waals surface area contributed by atoms with Crippen molar-refractivity contribution in [3.8, 4) is 0 Å². The lowest BCUT2D eigenvalue weighted by Gasteiger charge is -2.46. The van der Waals surface area contributed by atoms with Crippen molar-refractivity contribution in [3.63, 3.8) is 0 Å². The van der Waals surface area contributed by atoms with Gasteiger partial charge in [0, 0.05) is 6.42 Å². The number of ether oxygens (including phenoxy) is 4. The Balaban J connectivity index is 1.84. The molecule has 0 saturated carbocycles. The molecule has 0 radical (unpaired) electrons. The van der Waals surface area contributed by atoms with Crippen LogP contribution in [0.2, 0.25) is 0 Å². The minimum Gasteiger partial charge on any atom is -0.394 e. The largest absolute Gasteiger partial charge is 0.394 e. The number of carbonyl (C=O) groups excluding carboxylic acids is 1. The minimum absolute atomic E-state index is 0.254. The van der Waals surface area contributed by atoms with Gasteiger partial charge in [-0.2, -0.15) is 0 Å². The van der Waals surface area contributed by atoms with Crippen LogP contribution in [-0.2, 0) is 23.7 Å². The molecule has 68 heavy (non-hydrogen) atoms. The number of aliphatic hydroxyl groups excluding tert-OH is 8. The number of hydrogen-bond acceptors (Lipinski definition) is 13. The molecule has 0 aromatic heterocycles. The summed E-state index contributed by atoms with van der Waals surface area (Å²) in [6, 6.07) is -0.932. The van der Waals surface area contributed by atoms with E-state index in [4.69, 9.17) is 18.9 Å². The van der Waals surface area contributed by atoms with Gasteiger partial charge in [-0.15, -0.1) is 0 Å². The second-order valence-corrected chi connectivity index (χ2v) is 19.3. The summed E-state index contributed by atoms with van der Waals surface area (Å²) in [5.74, 6) is -0.254. The monoisotopic (exact) mass is 970 g/mol. The molecule has 2 saturated heterocycles. The smallest absolute Gasteiger partial charge is 0.220 e. The second kappa shape index (κ2) is 40.8. The zero-order valence-electron chi connectivity index (χ0n) is 42.3. The lowest BCUT2D eigenvalue weighted by atomic mass is 9.97. The highest BCUT2D eigenvalue weighted by atomic mass is 16.7. The van der Waals surface area contributed by atoms with Gasteiger partial charge < -0.3 is 65.1 Å². The number of unbranched alkanes of at least 4 members (excludes halogenated alkanes) is 25. The number of aliphatic hydroxyl groups is 8. The van der Waals surface area contributed by atoms with Crippen LogP contribution in [0.1, 0.15) is 206 Å². The molecule has 12 unspecified atom stereocenters. The SMILES string of the molecule is CCCCCCCC/C=C\CCCCCCCCCC(=O)NC(COC1OC(CO)C(OC2OC(CO)C(O)C(O)C2O)C(O)C1O)C(O)/C=C/CC/C=C/CCCCCCCCCCCCC. The molecule has 2 fully saturated rings. The first-order valence-electron chi connectivity index (χ1n) is 27.2. The highest BCUT2D eigenvalue weighted by Crippen LogP contribution is 2.30. The normalized spacial score (nSPS) is 26.6. The van der Waals surface area contributed by atoms with E-state index in [1.807, 2.05) is 6.08 Å². The van der Waals surface area contributed by atoms with Gasteiger partial charge in [-0.05, 0) is 57.8 Å². The van der Waals surface area contributed by atoms with Crippen molar-refractivity contribution >= 4 is 5.91 Å². The van der Waals surface area contributed by atoms with Crippen molar-refractivity contribution < 1.29 is 64.6 Å². The first kappa shape index (κ1) is 62.3. The number of nitrogens with one attached hydrogen (secondary N) is 1. The molecule has 398 valence electrons. The molecule has 14 heteroatoms. The van der Waals surface area contributed by atoms with Gasteiger partial charge in [0.05, 0.1) is 32.0 Å². The Kier molecular flexibility index (Phi) is 37.4. The first-order chi connectivity index (χ1) is 33.1. The lowest BCUT2D eigenvalue weighted by molar-refractivity contribution is -0.359. The molecule has 9 N–H and O–H groups in total. The number of amides is 1. The molecule has 2 rings (SSSR count). The lowest BCUT2D eigenvalue weighted by Crippen LogP contribution is -2.65. The van der Waals surface area contributed by atoms with Crippen LogP contribution in [0.15, 0.2) is 36.5 Å². The quantitative estimate of drug-likeness (QED) is 0.0210. The average Bonchev–Trinajstić information content (AvgIpc) is 3.34. The molecule has 12 atom stereocenters. The van der Waals surface area contributed by atoms with Gasteiger partial charge in [0.2, 0.25) is 5.91 Å². The van der Waals surface area contributed by atoms with Gasteiger partial charge in [0.25, 0.3) is 0 Å². The molecular weight excluding hydrogens is 871 g/mol. The van der Waals surface area contributed by atoms with E-state index in [9.17, 15) is 45.6 Å². The standard InChI is InChI=1S/C54H99NO13/c1-3-5-7-9-11-13-15-17-19-21-23-25-27-29-31-33-35-37-43(58)42(55-46(59)38-36-34-32-30-28-26-24-22-20-18-16-14-12-10-8-6-4-2)41-65-53-51(64)49(62)52(45(40-57)67-53)68-54-50(63)48(61)47(60)44(39-56)66-54/h18,20,27,29,35,37,42-45,47-54,56-58,60-64H,3-17,19,21-26,28,30-34,36,38-41H2,1-2H3,(H,55,59)/b20-18-,29-27+,37-35+. The van der Waals surface area contributed by atoms with Crippen molar-refractivity contribution in [2.45, 2.75) is 280 Å². The topological polar surface area (TPSA) is 228 Å². The fourth-order valence-electron chi connectivity index (χ4n) is 8.83. The van der Waals surface area contributed by atoms with E-state index in [0.29, 0.717) is 12.8 Å². The molecule has 2 heterocycles. The zero-order chi connectivity index (χ0) is 49.6. The summed E-state index contributed by atoms with van der Waals surface area (Å²) >= 11 is 0. The van der Waals surface area contributed by atoms with E-state index in [1.54, 1.807) is 6.08 Å². The third kappa shape index (κ3) is 27.1. The molecular formula is C54H99NO13. The molecule has 2 aliphatic heterocycles. The van der Waals surface area contributed by atoms with Crippen molar-refractivity contribution in [2.24, 2.45) is 0 Å². The number of hydrogen-bond donors (Lipinski definition) is 9. The van der Waals surface area contributed by atoms with Gasteiger partial charge >= 0.3 is 0 Å². The third-order valence-corrected chi connectivity index (χ3v) is 13.3. The molecule has 0 aromatic rings. The Labute approximate surface area is 411 Å². The fraction of sp³-hybridized carbons (Fsp3) is 0.870. The van der Waals surface area contributed by atoms with Crippen molar-refractivity contribution in [1.82, 2.24) is 5.32 Å². The first-order valence-corrected chi connectivity index (χ1v) is 27.2. The summed E-state index contributed by atoms with van der Waals surface area (Å²) in [5.41, 5.74) is 0. The van der Waals surface area contributed by atoms with Crippen molar-refractivity contribution in [3.05, 3.63) is 36.5 Å². The summed E-state index contributed by atoms with van der Waals surface area (Å²) in [7, 11) is 0. The number of allylic oxidation sites excluding steroid dienone is 5. The van der Waals surface area contributed by atoms with Crippen LogP contribution in [0.4, 0.5) is 0 Å². The van der Waals surface area contributed by atoms with Crippen LogP contribution >= 0.6 is 0 Å². The van der Waals surface area contributed by atoms with Gasteiger partial charge in [-0.25, -0.2) is 0 Å². The summed E-state index contributed by atoms with van der Waals surface area (Å²) < 4.78 is 22.7. The van der Waals surface area contributed by atoms with Crippen LogP contribution in [0.3, 0.4) is 0 Å². The Morgan fingerprint density at radius 3 is 1.44 bits per heavy atom. The van der Waals surface area contributed by atoms with Crippen LogP contribution in [-0.4, -0.2) is 140 Å². The van der Waals surface area contributed by atoms with Crippen LogP contribution in [0, 0.1) is 0 Å². The van der Waals surface area contributed by atoms with Crippen molar-refractivity contribution in [2.75, 3.05) is 19.8 Å². The second-order valence-electron chi connectivity index (χ2n) is 19.3. The van der Waals surface area contributed by atoms with Crippen LogP contribution in [0.25, 0.3) is 0 Å².